The van der Waals surface area contributed by atoms with Crippen molar-refractivity contribution >= 4 is 11.6 Å². The van der Waals surface area contributed by atoms with Gasteiger partial charge < -0.3 is 9.73 Å². The summed E-state index contributed by atoms with van der Waals surface area (Å²) in [7, 11) is 0. The van der Waals surface area contributed by atoms with E-state index in [0.717, 1.165) is 41.8 Å². The summed E-state index contributed by atoms with van der Waals surface area (Å²) in [6, 6.07) is 8.30. The Labute approximate surface area is 148 Å². The maximum Gasteiger partial charge on any atom is 0.226 e. The van der Waals surface area contributed by atoms with Crippen molar-refractivity contribution in [1.82, 2.24) is 15.2 Å². The number of nitrogens with zero attached hydrogens (tertiary/aromatic N) is 2. The Morgan fingerprint density at radius 2 is 1.88 bits per heavy atom. The maximum absolute atomic E-state index is 5.93. The van der Waals surface area contributed by atoms with E-state index < -0.39 is 0 Å². The molecule has 0 atom stereocenters. The first-order chi connectivity index (χ1) is 11.8. The minimum Gasteiger partial charge on any atom is -0.444 e. The summed E-state index contributed by atoms with van der Waals surface area (Å²) >= 11 is 5.93. The van der Waals surface area contributed by atoms with Crippen LogP contribution in [0.4, 0.5) is 0 Å². The first-order valence-corrected chi connectivity index (χ1v) is 9.30. The van der Waals surface area contributed by atoms with Crippen molar-refractivity contribution in [2.75, 3.05) is 19.6 Å². The maximum atomic E-state index is 5.93. The smallest absolute Gasteiger partial charge is 0.226 e. The van der Waals surface area contributed by atoms with Crippen molar-refractivity contribution < 1.29 is 4.42 Å². The van der Waals surface area contributed by atoms with Crippen LogP contribution in [0.3, 0.4) is 0 Å². The zero-order valence-electron chi connectivity index (χ0n) is 13.9. The highest BCUT2D eigenvalue weighted by Gasteiger charge is 2.24. The standard InChI is InChI=1S/C19H24ClN3O/c20-16-5-3-15(4-6-16)19-22-18(13-24-19)12-23-9-7-17(8-10-23)21-11-14-1-2-14/h3-6,13-14,17,21H,1-2,7-12H2. The number of piperidine rings is 1. The van der Waals surface area contributed by atoms with Crippen LogP contribution in [0.5, 0.6) is 0 Å². The van der Waals surface area contributed by atoms with Crippen molar-refractivity contribution in [3.63, 3.8) is 0 Å². The van der Waals surface area contributed by atoms with Gasteiger partial charge in [-0.1, -0.05) is 11.6 Å². The molecule has 1 aromatic carbocycles. The molecule has 1 saturated carbocycles. The Morgan fingerprint density at radius 1 is 1.12 bits per heavy atom. The monoisotopic (exact) mass is 345 g/mol. The third kappa shape index (κ3) is 4.18. The molecule has 4 nitrogen and oxygen atoms in total. The molecule has 5 heteroatoms. The Balaban J connectivity index is 1.27. The average molecular weight is 346 g/mol. The molecule has 1 aliphatic carbocycles. The van der Waals surface area contributed by atoms with Crippen LogP contribution >= 0.6 is 11.6 Å². The first kappa shape index (κ1) is 16.1. The number of hydrogen-bond acceptors (Lipinski definition) is 4. The molecule has 0 spiro atoms. The van der Waals surface area contributed by atoms with E-state index in [4.69, 9.17) is 16.0 Å². The quantitative estimate of drug-likeness (QED) is 0.860. The highest BCUT2D eigenvalue weighted by molar-refractivity contribution is 6.30. The predicted molar refractivity (Wildman–Crippen MR) is 96.0 cm³/mol. The van der Waals surface area contributed by atoms with Gasteiger partial charge in [-0.15, -0.1) is 0 Å². The van der Waals surface area contributed by atoms with Crippen molar-refractivity contribution in [3.8, 4) is 11.5 Å². The normalized spacial score (nSPS) is 19.7. The second-order valence-electron chi connectivity index (χ2n) is 7.05. The number of benzene rings is 1. The minimum atomic E-state index is 0.669. The molecule has 1 aromatic heterocycles. The predicted octanol–water partition coefficient (Wildman–Crippen LogP) is 3.96. The molecule has 2 fully saturated rings. The number of hydrogen-bond donors (Lipinski definition) is 1. The summed E-state index contributed by atoms with van der Waals surface area (Å²) in [5.41, 5.74) is 1.97. The molecular formula is C19H24ClN3O. The number of aromatic nitrogens is 1. The van der Waals surface area contributed by atoms with E-state index in [-0.39, 0.29) is 0 Å². The third-order valence-electron chi connectivity index (χ3n) is 5.01. The molecule has 1 N–H and O–H groups in total. The van der Waals surface area contributed by atoms with Gasteiger partial charge >= 0.3 is 0 Å². The molecule has 1 saturated heterocycles. The van der Waals surface area contributed by atoms with E-state index in [2.05, 4.69) is 15.2 Å². The molecule has 0 radical (unpaired) electrons. The zero-order valence-corrected chi connectivity index (χ0v) is 14.6. The second-order valence-corrected chi connectivity index (χ2v) is 7.49. The lowest BCUT2D eigenvalue weighted by molar-refractivity contribution is 0.188. The van der Waals surface area contributed by atoms with Gasteiger partial charge in [0, 0.05) is 36.3 Å². The van der Waals surface area contributed by atoms with Crippen molar-refractivity contribution in [3.05, 3.63) is 41.2 Å². The minimum absolute atomic E-state index is 0.669. The SMILES string of the molecule is Clc1ccc(-c2nc(CN3CCC(NCC4CC4)CC3)co2)cc1. The third-order valence-corrected chi connectivity index (χ3v) is 5.26. The molecule has 2 aliphatic rings. The largest absolute Gasteiger partial charge is 0.444 e. The van der Waals surface area contributed by atoms with Crippen molar-refractivity contribution in [2.45, 2.75) is 38.3 Å². The summed E-state index contributed by atoms with van der Waals surface area (Å²) in [4.78, 5) is 7.10. The van der Waals surface area contributed by atoms with Crippen LogP contribution in [0.15, 0.2) is 34.9 Å². The summed E-state index contributed by atoms with van der Waals surface area (Å²) in [5.74, 6) is 1.63. The van der Waals surface area contributed by atoms with Crippen molar-refractivity contribution in [1.29, 1.82) is 0 Å². The van der Waals surface area contributed by atoms with Crippen LogP contribution in [0.2, 0.25) is 5.02 Å². The van der Waals surface area contributed by atoms with E-state index in [0.29, 0.717) is 11.9 Å². The van der Waals surface area contributed by atoms with Crippen LogP contribution in [0.1, 0.15) is 31.4 Å². The Kier molecular flexibility index (Phi) is 4.88. The van der Waals surface area contributed by atoms with E-state index in [1.165, 1.54) is 32.2 Å². The van der Waals surface area contributed by atoms with Gasteiger partial charge in [0.15, 0.2) is 0 Å². The van der Waals surface area contributed by atoms with E-state index >= 15 is 0 Å². The fourth-order valence-corrected chi connectivity index (χ4v) is 3.41. The van der Waals surface area contributed by atoms with Gasteiger partial charge in [-0.25, -0.2) is 4.98 Å². The topological polar surface area (TPSA) is 41.3 Å². The van der Waals surface area contributed by atoms with Gasteiger partial charge in [0.25, 0.3) is 0 Å². The number of oxazole rings is 1. The molecule has 2 aromatic rings. The summed E-state index contributed by atoms with van der Waals surface area (Å²) in [6.07, 6.45) is 7.09. The van der Waals surface area contributed by atoms with Crippen LogP contribution in [-0.4, -0.2) is 35.6 Å². The van der Waals surface area contributed by atoms with Crippen LogP contribution in [0, 0.1) is 5.92 Å². The fraction of sp³-hybridized carbons (Fsp3) is 0.526. The zero-order chi connectivity index (χ0) is 16.4. The number of halogens is 1. The van der Waals surface area contributed by atoms with Crippen molar-refractivity contribution in [2.24, 2.45) is 5.92 Å². The lowest BCUT2D eigenvalue weighted by Gasteiger charge is -2.31. The molecule has 0 bridgehead atoms. The van der Waals surface area contributed by atoms with Crippen LogP contribution < -0.4 is 5.32 Å². The van der Waals surface area contributed by atoms with Crippen LogP contribution in [-0.2, 0) is 6.54 Å². The molecule has 0 unspecified atom stereocenters. The molecule has 2 heterocycles. The molecule has 128 valence electrons. The lowest BCUT2D eigenvalue weighted by Crippen LogP contribution is -2.42. The van der Waals surface area contributed by atoms with Gasteiger partial charge in [0.05, 0.1) is 5.69 Å². The van der Waals surface area contributed by atoms with Gasteiger partial charge in [-0.3, -0.25) is 4.90 Å². The Bertz CT molecular complexity index is 658. The van der Waals surface area contributed by atoms with E-state index in [9.17, 15) is 0 Å². The Hall–Kier alpha value is -1.36. The summed E-state index contributed by atoms with van der Waals surface area (Å²) in [6.45, 7) is 4.35. The van der Waals surface area contributed by atoms with E-state index in [1.807, 2.05) is 24.3 Å². The summed E-state index contributed by atoms with van der Waals surface area (Å²) < 4.78 is 5.63. The van der Waals surface area contributed by atoms with Crippen LogP contribution in [0.25, 0.3) is 11.5 Å². The number of likely N-dealkylation sites (tertiary alicyclic amines) is 1. The highest BCUT2D eigenvalue weighted by atomic mass is 35.5. The fourth-order valence-electron chi connectivity index (χ4n) is 3.28. The molecule has 1 aliphatic heterocycles. The molecule has 4 rings (SSSR count). The highest BCUT2D eigenvalue weighted by Crippen LogP contribution is 2.28. The number of nitrogens with one attached hydrogen (secondary N) is 1. The first-order valence-electron chi connectivity index (χ1n) is 8.92. The summed E-state index contributed by atoms with van der Waals surface area (Å²) in [5, 5.41) is 4.45. The lowest BCUT2D eigenvalue weighted by atomic mass is 10.0. The van der Waals surface area contributed by atoms with E-state index in [1.54, 1.807) is 6.26 Å². The number of rotatable bonds is 6. The molecule has 24 heavy (non-hydrogen) atoms. The van der Waals surface area contributed by atoms with Gasteiger partial charge in [-0.05, 0) is 62.4 Å². The molecule has 0 amide bonds. The van der Waals surface area contributed by atoms with Gasteiger partial charge in [-0.2, -0.15) is 0 Å². The molecular weight excluding hydrogens is 322 g/mol. The average Bonchev–Trinajstić information content (AvgIpc) is 3.33. The Morgan fingerprint density at radius 3 is 2.58 bits per heavy atom. The van der Waals surface area contributed by atoms with Gasteiger partial charge in [0.1, 0.15) is 6.26 Å². The second kappa shape index (κ2) is 7.26. The van der Waals surface area contributed by atoms with Gasteiger partial charge in [0.2, 0.25) is 5.89 Å².